The molecule has 0 amide bonds. The molecule has 2 rings (SSSR count). The Hall–Kier alpha value is -1.34. The number of methoxy groups -OCH3 is 1. The average Bonchev–Trinajstić information content (AvgIpc) is 2.59. The van der Waals surface area contributed by atoms with Crippen LogP contribution in [0.25, 0.3) is 0 Å². The lowest BCUT2D eigenvalue weighted by atomic mass is 10.1. The van der Waals surface area contributed by atoms with E-state index in [4.69, 9.17) is 14.2 Å². The third kappa shape index (κ3) is 6.96. The summed E-state index contributed by atoms with van der Waals surface area (Å²) in [5, 5.41) is 10.2. The first-order valence-electron chi connectivity index (χ1n) is 9.74. The third-order valence-corrected chi connectivity index (χ3v) is 4.95. The molecule has 0 aliphatic carbocycles. The van der Waals surface area contributed by atoms with Crippen molar-refractivity contribution in [2.24, 2.45) is 0 Å². The van der Waals surface area contributed by atoms with Gasteiger partial charge in [0, 0.05) is 32.2 Å². The van der Waals surface area contributed by atoms with Gasteiger partial charge in [-0.3, -0.25) is 4.90 Å². The van der Waals surface area contributed by atoms with E-state index in [1.165, 1.54) is 5.56 Å². The normalized spacial score (nSPS) is 18.7. The molecule has 1 heterocycles. The van der Waals surface area contributed by atoms with E-state index in [0.29, 0.717) is 24.1 Å². The molecular formula is C21H36N2O4. The van der Waals surface area contributed by atoms with Gasteiger partial charge in [-0.2, -0.15) is 0 Å². The van der Waals surface area contributed by atoms with Crippen LogP contribution < -0.4 is 9.47 Å². The van der Waals surface area contributed by atoms with E-state index in [-0.39, 0.29) is 12.2 Å². The highest BCUT2D eigenvalue weighted by atomic mass is 16.5. The van der Waals surface area contributed by atoms with E-state index in [1.54, 1.807) is 7.11 Å². The van der Waals surface area contributed by atoms with E-state index in [9.17, 15) is 5.11 Å². The Balaban J connectivity index is 1.93. The zero-order valence-electron chi connectivity index (χ0n) is 17.7. The van der Waals surface area contributed by atoms with Gasteiger partial charge >= 0.3 is 0 Å². The molecule has 0 aromatic heterocycles. The summed E-state index contributed by atoms with van der Waals surface area (Å²) in [7, 11) is 3.64. The van der Waals surface area contributed by atoms with Crippen LogP contribution in [0.3, 0.4) is 0 Å². The van der Waals surface area contributed by atoms with Crippen molar-refractivity contribution in [3.8, 4) is 11.5 Å². The third-order valence-electron chi connectivity index (χ3n) is 4.95. The smallest absolute Gasteiger partial charge is 0.161 e. The molecule has 1 aliphatic rings. The molecule has 1 N–H and O–H groups in total. The fraction of sp³-hybridized carbons (Fsp3) is 0.714. The first-order chi connectivity index (χ1) is 12.7. The number of ether oxygens (including phenoxy) is 3. The van der Waals surface area contributed by atoms with Gasteiger partial charge in [-0.25, -0.2) is 0 Å². The molecular weight excluding hydrogens is 344 g/mol. The van der Waals surface area contributed by atoms with Crippen LogP contribution in [0.4, 0.5) is 0 Å². The van der Waals surface area contributed by atoms with E-state index < -0.39 is 6.10 Å². The molecule has 0 bridgehead atoms. The Morgan fingerprint density at radius 2 is 2.04 bits per heavy atom. The van der Waals surface area contributed by atoms with Crippen LogP contribution in [-0.2, 0) is 11.3 Å². The molecule has 1 unspecified atom stereocenters. The summed E-state index contributed by atoms with van der Waals surface area (Å²) in [5.41, 5.74) is 1.07. The molecule has 154 valence electrons. The van der Waals surface area contributed by atoms with Crippen molar-refractivity contribution < 1.29 is 19.3 Å². The van der Waals surface area contributed by atoms with Gasteiger partial charge in [0.1, 0.15) is 12.7 Å². The van der Waals surface area contributed by atoms with Crippen molar-refractivity contribution in [1.82, 2.24) is 9.80 Å². The van der Waals surface area contributed by atoms with Gasteiger partial charge < -0.3 is 24.2 Å². The highest BCUT2D eigenvalue weighted by Crippen LogP contribution is 2.29. The van der Waals surface area contributed by atoms with Gasteiger partial charge in [0.25, 0.3) is 0 Å². The second kappa shape index (κ2) is 9.73. The molecule has 1 aliphatic heterocycles. The first kappa shape index (κ1) is 22.0. The molecule has 0 spiro atoms. The molecule has 1 aromatic rings. The number of aliphatic hydroxyl groups excluding tert-OH is 1. The van der Waals surface area contributed by atoms with Crippen LogP contribution in [-0.4, -0.2) is 79.7 Å². The fourth-order valence-electron chi connectivity index (χ4n) is 3.22. The molecule has 0 saturated carbocycles. The number of benzene rings is 1. The maximum atomic E-state index is 10.2. The predicted octanol–water partition coefficient (Wildman–Crippen LogP) is 2.39. The van der Waals surface area contributed by atoms with Gasteiger partial charge in [0.15, 0.2) is 11.5 Å². The van der Waals surface area contributed by atoms with Crippen LogP contribution in [0, 0.1) is 0 Å². The van der Waals surface area contributed by atoms with Crippen LogP contribution in [0.5, 0.6) is 11.5 Å². The molecule has 6 heteroatoms. The summed E-state index contributed by atoms with van der Waals surface area (Å²) in [6.45, 7) is 12.7. The van der Waals surface area contributed by atoms with Crippen molar-refractivity contribution >= 4 is 0 Å². The van der Waals surface area contributed by atoms with Crippen molar-refractivity contribution in [2.45, 2.75) is 52.0 Å². The number of nitrogens with zero attached hydrogens (tertiary/aromatic N) is 2. The topological polar surface area (TPSA) is 54.4 Å². The van der Waals surface area contributed by atoms with Gasteiger partial charge in [-0.15, -0.1) is 0 Å². The Kier molecular flexibility index (Phi) is 7.91. The largest absolute Gasteiger partial charge is 0.493 e. The summed E-state index contributed by atoms with van der Waals surface area (Å²) in [5.74, 6) is 1.36. The lowest BCUT2D eigenvalue weighted by Gasteiger charge is -2.38. The minimum absolute atomic E-state index is 0.106. The van der Waals surface area contributed by atoms with Crippen LogP contribution in [0.1, 0.15) is 33.3 Å². The lowest BCUT2D eigenvalue weighted by Crippen LogP contribution is -2.47. The fourth-order valence-corrected chi connectivity index (χ4v) is 3.22. The summed E-state index contributed by atoms with van der Waals surface area (Å²) in [4.78, 5) is 4.49. The Morgan fingerprint density at radius 1 is 1.30 bits per heavy atom. The maximum absolute atomic E-state index is 10.2. The summed E-state index contributed by atoms with van der Waals surface area (Å²) >= 11 is 0. The second-order valence-corrected chi connectivity index (χ2v) is 8.30. The van der Waals surface area contributed by atoms with Gasteiger partial charge in [0.05, 0.1) is 19.3 Å². The van der Waals surface area contributed by atoms with Crippen molar-refractivity contribution in [2.75, 3.05) is 47.0 Å². The van der Waals surface area contributed by atoms with E-state index >= 15 is 0 Å². The van der Waals surface area contributed by atoms with E-state index in [1.807, 2.05) is 19.2 Å². The monoisotopic (exact) mass is 380 g/mol. The number of morpholine rings is 1. The van der Waals surface area contributed by atoms with E-state index in [2.05, 4.69) is 43.6 Å². The van der Waals surface area contributed by atoms with Crippen molar-refractivity contribution in [3.63, 3.8) is 0 Å². The summed E-state index contributed by atoms with van der Waals surface area (Å²) < 4.78 is 17.1. The van der Waals surface area contributed by atoms with Gasteiger partial charge in [-0.1, -0.05) is 6.07 Å². The van der Waals surface area contributed by atoms with Crippen LogP contribution >= 0.6 is 0 Å². The Labute approximate surface area is 164 Å². The number of aliphatic hydroxyl groups is 1. The molecule has 27 heavy (non-hydrogen) atoms. The van der Waals surface area contributed by atoms with Crippen LogP contribution in [0.2, 0.25) is 0 Å². The number of likely N-dealkylation sites (N-methyl/N-ethyl adjacent to an activating group) is 1. The standard InChI is InChI=1S/C21H36N2O4/c1-16(2)22(5)13-18(24)14-26-19-8-7-17(11-20(19)25-6)12-23-9-10-27-21(3,4)15-23/h7-8,11,16,18,24H,9-10,12-15H2,1-6H3. The molecule has 1 fully saturated rings. The zero-order valence-corrected chi connectivity index (χ0v) is 17.7. The minimum atomic E-state index is -0.544. The number of rotatable bonds is 9. The molecule has 1 atom stereocenters. The van der Waals surface area contributed by atoms with E-state index in [0.717, 1.165) is 26.2 Å². The highest BCUT2D eigenvalue weighted by molar-refractivity contribution is 5.43. The van der Waals surface area contributed by atoms with Crippen LogP contribution in [0.15, 0.2) is 18.2 Å². The predicted molar refractivity (Wildman–Crippen MR) is 108 cm³/mol. The quantitative estimate of drug-likeness (QED) is 0.710. The van der Waals surface area contributed by atoms with Gasteiger partial charge in [-0.05, 0) is 52.4 Å². The molecule has 1 saturated heterocycles. The zero-order chi connectivity index (χ0) is 20.0. The molecule has 6 nitrogen and oxygen atoms in total. The lowest BCUT2D eigenvalue weighted by molar-refractivity contribution is -0.0882. The number of hydrogen-bond acceptors (Lipinski definition) is 6. The summed E-state index contributed by atoms with van der Waals surface area (Å²) in [6, 6.07) is 6.40. The van der Waals surface area contributed by atoms with Crippen molar-refractivity contribution in [1.29, 1.82) is 0 Å². The molecule has 1 aromatic carbocycles. The maximum Gasteiger partial charge on any atom is 0.161 e. The highest BCUT2D eigenvalue weighted by Gasteiger charge is 2.27. The second-order valence-electron chi connectivity index (χ2n) is 8.30. The van der Waals surface area contributed by atoms with Gasteiger partial charge in [0.2, 0.25) is 0 Å². The average molecular weight is 381 g/mol. The Morgan fingerprint density at radius 3 is 2.67 bits per heavy atom. The summed E-state index contributed by atoms with van der Waals surface area (Å²) in [6.07, 6.45) is -0.544. The number of hydrogen-bond donors (Lipinski definition) is 1. The Bertz CT molecular complexity index is 592. The van der Waals surface area contributed by atoms with Crippen molar-refractivity contribution in [3.05, 3.63) is 23.8 Å². The first-order valence-corrected chi connectivity index (χ1v) is 9.74. The minimum Gasteiger partial charge on any atom is -0.493 e. The SMILES string of the molecule is COc1cc(CN2CCOC(C)(C)C2)ccc1OCC(O)CN(C)C(C)C. The molecule has 0 radical (unpaired) electrons.